The molecule has 3 heterocycles. The van der Waals surface area contributed by atoms with Crippen molar-refractivity contribution in [2.45, 2.75) is 13.0 Å². The summed E-state index contributed by atoms with van der Waals surface area (Å²) in [6.07, 6.45) is 4.13. The van der Waals surface area contributed by atoms with Crippen LogP contribution in [0.15, 0.2) is 53.4 Å². The standard InChI is InChI=1S/C15H12N4O3/c1-10(21-15(20)12-6-2-3-8-17-12)14-18-13(19-22-14)11-5-4-7-16-9-11/h2-10H,1H3. The summed E-state index contributed by atoms with van der Waals surface area (Å²) in [5, 5.41) is 3.85. The van der Waals surface area contributed by atoms with Gasteiger partial charge in [-0.15, -0.1) is 0 Å². The SMILES string of the molecule is CC(OC(=O)c1ccccn1)c1nc(-c2cccnc2)no1. The van der Waals surface area contributed by atoms with Gasteiger partial charge >= 0.3 is 5.97 Å². The molecule has 0 spiro atoms. The van der Waals surface area contributed by atoms with E-state index in [1.165, 1.54) is 6.20 Å². The minimum atomic E-state index is -0.674. The first-order valence-corrected chi connectivity index (χ1v) is 6.60. The van der Waals surface area contributed by atoms with Gasteiger partial charge in [0.15, 0.2) is 6.10 Å². The molecule has 3 rings (SSSR count). The van der Waals surface area contributed by atoms with Gasteiger partial charge < -0.3 is 9.26 Å². The summed E-state index contributed by atoms with van der Waals surface area (Å²) in [7, 11) is 0. The lowest BCUT2D eigenvalue weighted by Gasteiger charge is -2.08. The first-order valence-electron chi connectivity index (χ1n) is 6.60. The lowest BCUT2D eigenvalue weighted by atomic mass is 10.3. The smallest absolute Gasteiger partial charge is 0.357 e. The number of hydrogen-bond donors (Lipinski definition) is 0. The Balaban J connectivity index is 1.72. The van der Waals surface area contributed by atoms with E-state index in [1.807, 2.05) is 6.07 Å². The molecule has 3 aromatic heterocycles. The van der Waals surface area contributed by atoms with Gasteiger partial charge in [-0.1, -0.05) is 11.2 Å². The summed E-state index contributed by atoms with van der Waals surface area (Å²) < 4.78 is 10.4. The van der Waals surface area contributed by atoms with E-state index in [9.17, 15) is 4.79 Å². The molecule has 3 aromatic rings. The summed E-state index contributed by atoms with van der Waals surface area (Å²) in [5.41, 5.74) is 0.946. The summed E-state index contributed by atoms with van der Waals surface area (Å²) in [6.45, 7) is 1.65. The maximum absolute atomic E-state index is 11.9. The molecule has 0 amide bonds. The van der Waals surface area contributed by atoms with Crippen molar-refractivity contribution in [3.8, 4) is 11.4 Å². The molecule has 0 aromatic carbocycles. The quantitative estimate of drug-likeness (QED) is 0.683. The second-order valence-corrected chi connectivity index (χ2v) is 4.46. The Kier molecular flexibility index (Phi) is 3.86. The number of esters is 1. The molecule has 0 aliphatic carbocycles. The van der Waals surface area contributed by atoms with Crippen LogP contribution >= 0.6 is 0 Å². The summed E-state index contributed by atoms with van der Waals surface area (Å²) in [6, 6.07) is 8.59. The Morgan fingerprint density at radius 2 is 2.14 bits per heavy atom. The Bertz CT molecular complexity index is 759. The number of pyridine rings is 2. The van der Waals surface area contributed by atoms with Crippen LogP contribution in [0.5, 0.6) is 0 Å². The van der Waals surface area contributed by atoms with Gasteiger partial charge in [-0.2, -0.15) is 4.98 Å². The van der Waals surface area contributed by atoms with Crippen molar-refractivity contribution in [1.29, 1.82) is 0 Å². The van der Waals surface area contributed by atoms with E-state index in [0.717, 1.165) is 5.56 Å². The van der Waals surface area contributed by atoms with Crippen molar-refractivity contribution < 1.29 is 14.1 Å². The number of aromatic nitrogens is 4. The summed E-state index contributed by atoms with van der Waals surface area (Å²) in [5.74, 6) is 0.0567. The molecule has 0 aliphatic heterocycles. The maximum Gasteiger partial charge on any atom is 0.357 e. The van der Waals surface area contributed by atoms with E-state index in [0.29, 0.717) is 5.82 Å². The topological polar surface area (TPSA) is 91.0 Å². The number of rotatable bonds is 4. The van der Waals surface area contributed by atoms with Crippen molar-refractivity contribution in [1.82, 2.24) is 20.1 Å². The highest BCUT2D eigenvalue weighted by Gasteiger charge is 2.20. The van der Waals surface area contributed by atoms with Gasteiger partial charge in [-0.25, -0.2) is 9.78 Å². The molecule has 7 heteroatoms. The van der Waals surface area contributed by atoms with Crippen LogP contribution in [-0.4, -0.2) is 26.1 Å². The van der Waals surface area contributed by atoms with E-state index < -0.39 is 12.1 Å². The maximum atomic E-state index is 11.9. The van der Waals surface area contributed by atoms with Crippen LogP contribution in [0.4, 0.5) is 0 Å². The van der Waals surface area contributed by atoms with E-state index in [4.69, 9.17) is 9.26 Å². The Hall–Kier alpha value is -3.09. The molecule has 7 nitrogen and oxygen atoms in total. The van der Waals surface area contributed by atoms with Crippen LogP contribution in [0, 0.1) is 0 Å². The first-order chi connectivity index (χ1) is 10.7. The highest BCUT2D eigenvalue weighted by Crippen LogP contribution is 2.20. The molecule has 110 valence electrons. The molecule has 0 N–H and O–H groups in total. The normalized spacial score (nSPS) is 11.9. The molecule has 0 aliphatic rings. The second kappa shape index (κ2) is 6.13. The minimum Gasteiger partial charge on any atom is -0.448 e. The van der Waals surface area contributed by atoms with Crippen LogP contribution in [-0.2, 0) is 4.74 Å². The first kappa shape index (κ1) is 13.9. The largest absolute Gasteiger partial charge is 0.448 e. The fourth-order valence-electron chi connectivity index (χ4n) is 1.77. The molecule has 0 bridgehead atoms. The molecular weight excluding hydrogens is 284 g/mol. The highest BCUT2D eigenvalue weighted by molar-refractivity contribution is 5.87. The van der Waals surface area contributed by atoms with Gasteiger partial charge in [0.25, 0.3) is 5.89 Å². The number of ether oxygens (including phenoxy) is 1. The number of carbonyl (C=O) groups excluding carboxylic acids is 1. The Morgan fingerprint density at radius 3 is 2.86 bits per heavy atom. The third-order valence-electron chi connectivity index (χ3n) is 2.87. The third kappa shape index (κ3) is 2.98. The Labute approximate surface area is 126 Å². The van der Waals surface area contributed by atoms with Crippen LogP contribution < -0.4 is 0 Å². The zero-order valence-electron chi connectivity index (χ0n) is 11.7. The average molecular weight is 296 g/mol. The molecule has 0 radical (unpaired) electrons. The van der Waals surface area contributed by atoms with E-state index in [2.05, 4.69) is 20.1 Å². The number of carbonyl (C=O) groups is 1. The van der Waals surface area contributed by atoms with Crippen LogP contribution in [0.2, 0.25) is 0 Å². The van der Waals surface area contributed by atoms with Crippen LogP contribution in [0.3, 0.4) is 0 Å². The summed E-state index contributed by atoms with van der Waals surface area (Å²) >= 11 is 0. The van der Waals surface area contributed by atoms with E-state index in [-0.39, 0.29) is 11.6 Å². The zero-order chi connectivity index (χ0) is 15.4. The van der Waals surface area contributed by atoms with Gasteiger partial charge in [0, 0.05) is 24.2 Å². The van der Waals surface area contributed by atoms with Gasteiger partial charge in [0.1, 0.15) is 5.69 Å². The molecule has 1 atom stereocenters. The van der Waals surface area contributed by atoms with Gasteiger partial charge in [0.2, 0.25) is 5.82 Å². The fourth-order valence-corrected chi connectivity index (χ4v) is 1.77. The lowest BCUT2D eigenvalue weighted by Crippen LogP contribution is -2.10. The van der Waals surface area contributed by atoms with Crippen molar-refractivity contribution >= 4 is 5.97 Å². The molecule has 0 saturated carbocycles. The van der Waals surface area contributed by atoms with Gasteiger partial charge in [0.05, 0.1) is 0 Å². The predicted molar refractivity (Wildman–Crippen MR) is 75.6 cm³/mol. The molecule has 0 fully saturated rings. The molecule has 1 unspecified atom stereocenters. The number of hydrogen-bond acceptors (Lipinski definition) is 7. The zero-order valence-corrected chi connectivity index (χ0v) is 11.7. The van der Waals surface area contributed by atoms with Crippen molar-refractivity contribution in [3.05, 3.63) is 60.5 Å². The average Bonchev–Trinajstić information content (AvgIpc) is 3.06. The summed E-state index contributed by atoms with van der Waals surface area (Å²) in [4.78, 5) is 24.0. The number of nitrogens with zero attached hydrogens (tertiary/aromatic N) is 4. The molecule has 22 heavy (non-hydrogen) atoms. The van der Waals surface area contributed by atoms with Crippen molar-refractivity contribution in [2.24, 2.45) is 0 Å². The van der Waals surface area contributed by atoms with Crippen LogP contribution in [0.1, 0.15) is 29.4 Å². The van der Waals surface area contributed by atoms with Gasteiger partial charge in [-0.05, 0) is 31.2 Å². The van der Waals surface area contributed by atoms with Crippen molar-refractivity contribution in [2.75, 3.05) is 0 Å². The second-order valence-electron chi connectivity index (χ2n) is 4.46. The lowest BCUT2D eigenvalue weighted by molar-refractivity contribution is 0.0258. The van der Waals surface area contributed by atoms with Crippen molar-refractivity contribution in [3.63, 3.8) is 0 Å². The predicted octanol–water partition coefficient (Wildman–Crippen LogP) is 2.44. The Morgan fingerprint density at radius 1 is 1.23 bits per heavy atom. The fraction of sp³-hybridized carbons (Fsp3) is 0.133. The van der Waals surface area contributed by atoms with Crippen LogP contribution in [0.25, 0.3) is 11.4 Å². The third-order valence-corrected chi connectivity index (χ3v) is 2.87. The van der Waals surface area contributed by atoms with Gasteiger partial charge in [-0.3, -0.25) is 4.98 Å². The minimum absolute atomic E-state index is 0.211. The van der Waals surface area contributed by atoms with E-state index in [1.54, 1.807) is 43.6 Å². The highest BCUT2D eigenvalue weighted by atomic mass is 16.6. The molecule has 0 saturated heterocycles. The molecular formula is C15H12N4O3. The monoisotopic (exact) mass is 296 g/mol. The van der Waals surface area contributed by atoms with E-state index >= 15 is 0 Å².